The van der Waals surface area contributed by atoms with Crippen molar-refractivity contribution < 1.29 is 40.7 Å². The first-order valence-electron chi connectivity index (χ1n) is 15.3. The number of ether oxygens (including phenoxy) is 1. The van der Waals surface area contributed by atoms with E-state index in [9.17, 15) is 27.1 Å². The minimum absolute atomic E-state index is 0.0122. The molecule has 0 aliphatic carbocycles. The molecule has 0 aliphatic heterocycles. The Morgan fingerprint density at radius 2 is 1.78 bits per heavy atom. The zero-order valence-corrected chi connectivity index (χ0v) is 27.8. The van der Waals surface area contributed by atoms with E-state index in [0.717, 1.165) is 10.6 Å². The van der Waals surface area contributed by atoms with Crippen molar-refractivity contribution in [2.24, 2.45) is 0 Å². The van der Waals surface area contributed by atoms with E-state index in [-0.39, 0.29) is 59.0 Å². The predicted molar refractivity (Wildman–Crippen MR) is 183 cm³/mol. The number of oxazole rings is 1. The molecule has 6 aromatic rings. The van der Waals surface area contributed by atoms with Gasteiger partial charge in [0.05, 0.1) is 48.8 Å². The van der Waals surface area contributed by atoms with Crippen LogP contribution in [-0.4, -0.2) is 57.5 Å². The average Bonchev–Trinajstić information content (AvgIpc) is 3.70. The first-order chi connectivity index (χ1) is 23.9. The van der Waals surface area contributed by atoms with Crippen LogP contribution in [0.1, 0.15) is 23.2 Å². The van der Waals surface area contributed by atoms with Gasteiger partial charge in [0.15, 0.2) is 11.4 Å². The molecule has 0 fully saturated rings. The number of aromatic nitrogens is 1. The van der Waals surface area contributed by atoms with Gasteiger partial charge in [0.25, 0.3) is 5.91 Å². The second-order valence-electron chi connectivity index (χ2n) is 11.4. The van der Waals surface area contributed by atoms with Gasteiger partial charge in [-0.15, -0.1) is 0 Å². The summed E-state index contributed by atoms with van der Waals surface area (Å²) in [5, 5.41) is 22.3. The van der Waals surface area contributed by atoms with Crippen LogP contribution in [0.15, 0.2) is 81.6 Å². The molecule has 6 rings (SSSR count). The Bertz CT molecular complexity index is 2400. The average molecular weight is 701 g/mol. The van der Waals surface area contributed by atoms with Crippen molar-refractivity contribution in [1.29, 1.82) is 5.26 Å². The van der Waals surface area contributed by atoms with Crippen molar-refractivity contribution in [3.05, 3.63) is 90.0 Å². The summed E-state index contributed by atoms with van der Waals surface area (Å²) in [7, 11) is -1.14. The molecule has 0 saturated heterocycles. The lowest BCUT2D eigenvalue weighted by molar-refractivity contribution is 0.0964. The van der Waals surface area contributed by atoms with Crippen LogP contribution in [0.5, 0.6) is 5.75 Å². The summed E-state index contributed by atoms with van der Waals surface area (Å²) in [4.78, 5) is 17.7. The van der Waals surface area contributed by atoms with Gasteiger partial charge in [-0.05, 0) is 66.6 Å². The Morgan fingerprint density at radius 3 is 2.44 bits per heavy atom. The maximum atomic E-state index is 14.6. The summed E-state index contributed by atoms with van der Waals surface area (Å²) >= 11 is 0. The number of aliphatic hydroxyl groups excluding tert-OH is 1. The number of carbonyl (C=O) groups excluding carboxylic acids is 1. The third-order valence-corrected chi connectivity index (χ3v) is 9.32. The summed E-state index contributed by atoms with van der Waals surface area (Å²) in [6.07, 6.45) is -0.364. The molecule has 1 amide bonds. The topological polar surface area (TPSA) is 159 Å². The van der Waals surface area contributed by atoms with Crippen LogP contribution >= 0.6 is 0 Å². The number of anilines is 1. The number of rotatable bonds is 11. The molecule has 2 aromatic heterocycles. The number of nitrogens with one attached hydrogen (secondary N) is 1. The Labute approximate surface area is 285 Å². The molecule has 2 N–H and O–H groups in total. The van der Waals surface area contributed by atoms with Gasteiger partial charge in [-0.25, -0.2) is 22.2 Å². The quantitative estimate of drug-likeness (QED) is 0.151. The van der Waals surface area contributed by atoms with E-state index in [1.165, 1.54) is 56.6 Å². The van der Waals surface area contributed by atoms with Crippen LogP contribution < -0.4 is 14.4 Å². The predicted octanol–water partition coefficient (Wildman–Crippen LogP) is 6.65. The first-order valence-corrected chi connectivity index (χ1v) is 17.1. The number of para-hydroxylation sites is 1. The van der Waals surface area contributed by atoms with Crippen LogP contribution in [0, 0.1) is 23.0 Å². The maximum Gasteiger partial charge on any atom is 0.255 e. The van der Waals surface area contributed by atoms with Gasteiger partial charge in [-0.2, -0.15) is 5.26 Å². The van der Waals surface area contributed by atoms with Crippen molar-refractivity contribution in [1.82, 2.24) is 10.3 Å². The summed E-state index contributed by atoms with van der Waals surface area (Å²) in [5.74, 6) is -1.08. The smallest absolute Gasteiger partial charge is 0.255 e. The molecule has 1 unspecified atom stereocenters. The fraction of sp³-hybridized carbons (Fsp3) is 0.194. The van der Waals surface area contributed by atoms with E-state index in [0.29, 0.717) is 33.4 Å². The van der Waals surface area contributed by atoms with Gasteiger partial charge in [0, 0.05) is 36.2 Å². The fourth-order valence-corrected chi connectivity index (χ4v) is 6.68. The van der Waals surface area contributed by atoms with Crippen molar-refractivity contribution >= 4 is 43.7 Å². The molecule has 0 saturated carbocycles. The molecule has 0 spiro atoms. The van der Waals surface area contributed by atoms with Gasteiger partial charge in [0.2, 0.25) is 15.9 Å². The Morgan fingerprint density at radius 1 is 1.04 bits per heavy atom. The molecular weight excluding hydrogens is 670 g/mol. The van der Waals surface area contributed by atoms with Crippen LogP contribution in [0.4, 0.5) is 14.5 Å². The lowest BCUT2D eigenvalue weighted by Crippen LogP contribution is -2.33. The molecule has 0 radical (unpaired) electrons. The number of sulfonamides is 1. The molecule has 14 heteroatoms. The van der Waals surface area contributed by atoms with Crippen molar-refractivity contribution in [2.75, 3.05) is 31.3 Å². The van der Waals surface area contributed by atoms with E-state index in [2.05, 4.69) is 10.3 Å². The van der Waals surface area contributed by atoms with Crippen molar-refractivity contribution in [3.63, 3.8) is 0 Å². The summed E-state index contributed by atoms with van der Waals surface area (Å²) in [6.45, 7) is -0.207. The molecule has 0 aliphatic rings. The van der Waals surface area contributed by atoms with Gasteiger partial charge in [-0.1, -0.05) is 12.1 Å². The van der Waals surface area contributed by atoms with Crippen LogP contribution in [0.3, 0.4) is 0 Å². The minimum atomic E-state index is -4.03. The van der Waals surface area contributed by atoms with Crippen molar-refractivity contribution in [3.8, 4) is 45.7 Å². The highest BCUT2D eigenvalue weighted by Gasteiger charge is 2.28. The third kappa shape index (κ3) is 6.48. The second kappa shape index (κ2) is 13.6. The fourth-order valence-electron chi connectivity index (χ4n) is 5.74. The van der Waals surface area contributed by atoms with Crippen molar-refractivity contribution in [2.45, 2.75) is 18.9 Å². The normalized spacial score (nSPS) is 12.2. The molecule has 2 heterocycles. The highest BCUT2D eigenvalue weighted by atomic mass is 32.2. The summed E-state index contributed by atoms with van der Waals surface area (Å²) in [6, 6.07) is 19.6. The highest BCUT2D eigenvalue weighted by molar-refractivity contribution is 7.92. The van der Waals surface area contributed by atoms with E-state index in [1.54, 1.807) is 30.3 Å². The molecule has 256 valence electrons. The molecule has 11 nitrogen and oxygen atoms in total. The zero-order valence-electron chi connectivity index (χ0n) is 27.0. The second-order valence-corrected chi connectivity index (χ2v) is 13.3. The number of carbonyl (C=O) groups is 1. The standard InChI is InChI=1S/C36H30F2N4O7S/c1-40-35(44)32-25-18-24(21-9-12-29(47-2)26(17-21)36-41-33-27(38)5-4-6-30(33)49-36)28(42(50(3,45)46)16-14-23(43)13-15-39)19-31(25)48-34(32)20-7-10-22(37)11-8-20/h4-12,17-19,23,43H,13-14,16H2,1-3H3,(H,40,44). The van der Waals surface area contributed by atoms with E-state index in [1.807, 2.05) is 6.07 Å². The van der Waals surface area contributed by atoms with Crippen LogP contribution in [0.2, 0.25) is 0 Å². The Hall–Kier alpha value is -5.78. The lowest BCUT2D eigenvalue weighted by atomic mass is 9.96. The number of furan rings is 1. The number of nitrogens with zero attached hydrogens (tertiary/aromatic N) is 3. The third-order valence-electron chi connectivity index (χ3n) is 8.14. The zero-order chi connectivity index (χ0) is 35.7. The van der Waals surface area contributed by atoms with Crippen LogP contribution in [0.25, 0.3) is 56.0 Å². The molecular formula is C36H30F2N4O7S. The number of nitriles is 1. The lowest BCUT2D eigenvalue weighted by Gasteiger charge is -2.26. The SMILES string of the molecule is CNC(=O)c1c(-c2ccc(F)cc2)oc2cc(N(CCC(O)CC#N)S(C)(=O)=O)c(-c3ccc(OC)c(-c4nc5c(F)cccc5o4)c3)cc12. The van der Waals surface area contributed by atoms with Crippen LogP contribution in [-0.2, 0) is 10.0 Å². The van der Waals surface area contributed by atoms with E-state index in [4.69, 9.17) is 18.8 Å². The maximum absolute atomic E-state index is 14.6. The van der Waals surface area contributed by atoms with Gasteiger partial charge < -0.3 is 24.0 Å². The molecule has 4 aromatic carbocycles. The minimum Gasteiger partial charge on any atom is -0.496 e. The number of hydrogen-bond donors (Lipinski definition) is 2. The van der Waals surface area contributed by atoms with E-state index < -0.39 is 33.7 Å². The monoisotopic (exact) mass is 700 g/mol. The van der Waals surface area contributed by atoms with Gasteiger partial charge in [0.1, 0.15) is 28.4 Å². The van der Waals surface area contributed by atoms with Gasteiger partial charge >= 0.3 is 0 Å². The number of fused-ring (bicyclic) bond motifs is 2. The first kappa shape index (κ1) is 34.1. The molecule has 50 heavy (non-hydrogen) atoms. The Balaban J connectivity index is 1.64. The number of halogens is 2. The van der Waals surface area contributed by atoms with E-state index >= 15 is 0 Å². The molecule has 1 atom stereocenters. The highest BCUT2D eigenvalue weighted by Crippen LogP contribution is 2.44. The number of benzene rings is 4. The number of hydrogen-bond acceptors (Lipinski definition) is 9. The van der Waals surface area contributed by atoms with Gasteiger partial charge in [-0.3, -0.25) is 9.10 Å². The number of methoxy groups -OCH3 is 1. The molecule has 0 bridgehead atoms. The number of amides is 1. The summed E-state index contributed by atoms with van der Waals surface area (Å²) < 4.78 is 74.0. The number of aliphatic hydroxyl groups is 1. The largest absolute Gasteiger partial charge is 0.496 e. The summed E-state index contributed by atoms with van der Waals surface area (Å²) in [5.41, 5.74) is 2.10. The Kier molecular flexibility index (Phi) is 9.29.